The molecule has 2 nitrogen and oxygen atoms in total. The second kappa shape index (κ2) is 5.50. The predicted octanol–water partition coefficient (Wildman–Crippen LogP) is 4.57. The molecule has 0 unspecified atom stereocenters. The molecule has 0 aliphatic heterocycles. The fraction of sp³-hybridized carbons (Fsp3) is 0.250. The van der Waals surface area contributed by atoms with Gasteiger partial charge in [0.05, 0.1) is 27.4 Å². The summed E-state index contributed by atoms with van der Waals surface area (Å²) in [4.78, 5) is 0. The molecule has 0 N–H and O–H groups in total. The predicted molar refractivity (Wildman–Crippen MR) is 70.5 cm³/mol. The van der Waals surface area contributed by atoms with Crippen LogP contribution in [0.1, 0.15) is 16.7 Å². The van der Waals surface area contributed by atoms with Gasteiger partial charge >= 0.3 is 12.4 Å². The van der Waals surface area contributed by atoms with Gasteiger partial charge in [0, 0.05) is 6.20 Å². The average molecular weight is 420 g/mol. The van der Waals surface area contributed by atoms with E-state index >= 15 is 0 Å². The van der Waals surface area contributed by atoms with Crippen LogP contribution in [0.15, 0.2) is 30.6 Å². The van der Waals surface area contributed by atoms with Gasteiger partial charge in [0.2, 0.25) is 0 Å². The minimum atomic E-state index is -4.86. The topological polar surface area (TPSA) is 17.8 Å². The molecule has 0 saturated heterocycles. The third-order valence-corrected chi connectivity index (χ3v) is 3.23. The van der Waals surface area contributed by atoms with Gasteiger partial charge in [0.1, 0.15) is 0 Å². The van der Waals surface area contributed by atoms with Gasteiger partial charge in [-0.3, -0.25) is 4.68 Å². The fourth-order valence-corrected chi connectivity index (χ4v) is 2.20. The molecule has 9 heteroatoms. The summed E-state index contributed by atoms with van der Waals surface area (Å²) in [6.07, 6.45) is -6.74. The zero-order valence-corrected chi connectivity index (χ0v) is 12.3. The van der Waals surface area contributed by atoms with Crippen molar-refractivity contribution in [2.24, 2.45) is 0 Å². The van der Waals surface area contributed by atoms with Gasteiger partial charge in [0.25, 0.3) is 0 Å². The van der Waals surface area contributed by atoms with E-state index in [-0.39, 0.29) is 18.2 Å². The molecule has 114 valence electrons. The maximum Gasteiger partial charge on any atom is 0.416 e. The maximum atomic E-state index is 12.9. The van der Waals surface area contributed by atoms with Gasteiger partial charge in [-0.05, 0) is 40.3 Å². The molecule has 0 atom stereocenters. The van der Waals surface area contributed by atoms with Crippen LogP contribution in [-0.2, 0) is 18.9 Å². The van der Waals surface area contributed by atoms with Gasteiger partial charge in [0.15, 0.2) is 0 Å². The summed E-state index contributed by atoms with van der Waals surface area (Å²) in [5.74, 6) is 0. The van der Waals surface area contributed by atoms with Gasteiger partial charge in [-0.1, -0.05) is 6.07 Å². The third-order valence-electron chi connectivity index (χ3n) is 2.68. The molecular weight excluding hydrogens is 413 g/mol. The van der Waals surface area contributed by atoms with E-state index in [0.29, 0.717) is 9.64 Å². The van der Waals surface area contributed by atoms with Gasteiger partial charge in [-0.15, -0.1) is 0 Å². The highest BCUT2D eigenvalue weighted by atomic mass is 127. The Morgan fingerprint density at radius 2 is 1.71 bits per heavy atom. The van der Waals surface area contributed by atoms with Crippen molar-refractivity contribution in [1.82, 2.24) is 9.78 Å². The number of hydrogen-bond donors (Lipinski definition) is 0. The molecular formula is C12H7F6IN2. The van der Waals surface area contributed by atoms with Gasteiger partial charge in [-0.25, -0.2) is 0 Å². The molecule has 0 spiro atoms. The first-order chi connectivity index (χ1) is 9.57. The molecule has 0 amide bonds. The Kier molecular flexibility index (Phi) is 4.22. The molecule has 21 heavy (non-hydrogen) atoms. The summed E-state index contributed by atoms with van der Waals surface area (Å²) in [6.45, 7) is -0.254. The fourth-order valence-electron chi connectivity index (χ4n) is 1.75. The Hall–Kier alpha value is -1.26. The number of aromatic nitrogens is 2. The molecule has 2 rings (SSSR count). The first-order valence-corrected chi connectivity index (χ1v) is 6.60. The van der Waals surface area contributed by atoms with Crippen LogP contribution in [0, 0.1) is 3.57 Å². The number of hydrogen-bond acceptors (Lipinski definition) is 1. The second-order valence-electron chi connectivity index (χ2n) is 4.22. The molecule has 0 radical (unpaired) electrons. The smallest absolute Gasteiger partial charge is 0.267 e. The van der Waals surface area contributed by atoms with Crippen molar-refractivity contribution < 1.29 is 26.3 Å². The van der Waals surface area contributed by atoms with Crippen LogP contribution in [0.4, 0.5) is 26.3 Å². The highest BCUT2D eigenvalue weighted by molar-refractivity contribution is 14.1. The van der Waals surface area contributed by atoms with Crippen LogP contribution in [-0.4, -0.2) is 9.78 Å². The molecule has 0 fully saturated rings. The first-order valence-electron chi connectivity index (χ1n) is 5.52. The summed E-state index contributed by atoms with van der Waals surface area (Å²) in [6, 6.07) is 1.60. The zero-order chi connectivity index (χ0) is 15.8. The van der Waals surface area contributed by atoms with E-state index in [1.807, 2.05) is 22.6 Å². The molecule has 0 bridgehead atoms. The van der Waals surface area contributed by atoms with E-state index in [1.165, 1.54) is 17.1 Å². The number of alkyl halides is 6. The molecule has 1 heterocycles. The summed E-state index contributed by atoms with van der Waals surface area (Å²) in [7, 11) is 0. The number of nitrogens with zero attached hydrogens (tertiary/aromatic N) is 2. The molecule has 1 aromatic heterocycles. The van der Waals surface area contributed by atoms with Crippen molar-refractivity contribution in [3.8, 4) is 0 Å². The minimum Gasteiger partial charge on any atom is -0.267 e. The van der Waals surface area contributed by atoms with E-state index in [2.05, 4.69) is 5.10 Å². The first kappa shape index (κ1) is 16.1. The lowest BCUT2D eigenvalue weighted by molar-refractivity contribution is -0.143. The third kappa shape index (κ3) is 3.89. The Morgan fingerprint density at radius 1 is 1.05 bits per heavy atom. The Bertz CT molecular complexity index is 644. The number of rotatable bonds is 2. The SMILES string of the molecule is FC(F)(F)c1ccc(Cn2cc(I)cn2)c(C(F)(F)F)c1. The van der Waals surface area contributed by atoms with Crippen LogP contribution >= 0.6 is 22.6 Å². The highest BCUT2D eigenvalue weighted by Crippen LogP contribution is 2.37. The number of halogens is 7. The van der Waals surface area contributed by atoms with Gasteiger partial charge < -0.3 is 0 Å². The van der Waals surface area contributed by atoms with E-state index in [9.17, 15) is 26.3 Å². The lowest BCUT2D eigenvalue weighted by Gasteiger charge is -2.16. The van der Waals surface area contributed by atoms with E-state index in [4.69, 9.17) is 0 Å². The average Bonchev–Trinajstić information content (AvgIpc) is 2.72. The van der Waals surface area contributed by atoms with Crippen molar-refractivity contribution >= 4 is 22.6 Å². The van der Waals surface area contributed by atoms with Crippen molar-refractivity contribution in [3.63, 3.8) is 0 Å². The summed E-state index contributed by atoms with van der Waals surface area (Å²) in [5.41, 5.74) is -2.90. The Labute approximate surface area is 128 Å². The zero-order valence-electron chi connectivity index (χ0n) is 10.1. The molecule has 0 saturated carbocycles. The highest BCUT2D eigenvalue weighted by Gasteiger charge is 2.38. The summed E-state index contributed by atoms with van der Waals surface area (Å²) in [5, 5.41) is 3.83. The van der Waals surface area contributed by atoms with Crippen LogP contribution < -0.4 is 0 Å². The minimum absolute atomic E-state index is 0.129. The molecule has 0 aliphatic rings. The van der Waals surface area contributed by atoms with Crippen molar-refractivity contribution in [1.29, 1.82) is 0 Å². The quantitative estimate of drug-likeness (QED) is 0.514. The second-order valence-corrected chi connectivity index (χ2v) is 5.47. The van der Waals surface area contributed by atoms with Crippen LogP contribution in [0.25, 0.3) is 0 Å². The van der Waals surface area contributed by atoms with E-state index in [1.54, 1.807) is 0 Å². The molecule has 1 aromatic carbocycles. The van der Waals surface area contributed by atoms with Crippen LogP contribution in [0.2, 0.25) is 0 Å². The van der Waals surface area contributed by atoms with Crippen molar-refractivity contribution in [3.05, 3.63) is 50.9 Å². The van der Waals surface area contributed by atoms with Crippen LogP contribution in [0.3, 0.4) is 0 Å². The number of benzene rings is 1. The van der Waals surface area contributed by atoms with E-state index < -0.39 is 23.5 Å². The normalized spacial score (nSPS) is 12.7. The molecule has 0 aliphatic carbocycles. The lowest BCUT2D eigenvalue weighted by atomic mass is 10.0. The lowest BCUT2D eigenvalue weighted by Crippen LogP contribution is -2.15. The van der Waals surface area contributed by atoms with Gasteiger partial charge in [-0.2, -0.15) is 31.4 Å². The standard InChI is InChI=1S/C12H7F6IN2/c13-11(14,15)8-2-1-7(10(3-8)12(16,17)18)5-21-6-9(19)4-20-21/h1-4,6H,5H2. The summed E-state index contributed by atoms with van der Waals surface area (Å²) < 4.78 is 78.3. The van der Waals surface area contributed by atoms with Crippen molar-refractivity contribution in [2.75, 3.05) is 0 Å². The van der Waals surface area contributed by atoms with E-state index in [0.717, 1.165) is 6.07 Å². The summed E-state index contributed by atoms with van der Waals surface area (Å²) >= 11 is 1.93. The van der Waals surface area contributed by atoms with Crippen LogP contribution in [0.5, 0.6) is 0 Å². The largest absolute Gasteiger partial charge is 0.416 e. The monoisotopic (exact) mass is 420 g/mol. The Balaban J connectivity index is 2.45. The molecule has 2 aromatic rings. The van der Waals surface area contributed by atoms with Crippen molar-refractivity contribution in [2.45, 2.75) is 18.9 Å². The maximum absolute atomic E-state index is 12.9. The Morgan fingerprint density at radius 3 is 2.19 bits per heavy atom.